The van der Waals surface area contributed by atoms with E-state index in [-0.39, 0.29) is 12.3 Å². The van der Waals surface area contributed by atoms with Crippen LogP contribution in [0.1, 0.15) is 85.3 Å². The number of hydrogen-bond donors (Lipinski definition) is 2. The number of carbonyl (C=O) groups is 1. The smallest absolute Gasteiger partial charge is 0.416 e. The summed E-state index contributed by atoms with van der Waals surface area (Å²) in [6.45, 7) is 2.51. The summed E-state index contributed by atoms with van der Waals surface area (Å²) in [7, 11) is 0. The third kappa shape index (κ3) is 7.06. The van der Waals surface area contributed by atoms with Gasteiger partial charge in [0.05, 0.1) is 12.0 Å². The largest absolute Gasteiger partial charge is 0.481 e. The van der Waals surface area contributed by atoms with E-state index in [0.717, 1.165) is 37.7 Å². The SMILES string of the molecule is C/C=N/OC(c1ccc(CNCCC(=O)O)cc1)c1ccc(C2CCCCC2)c(C(F)(F)F)c1. The first-order valence-electron chi connectivity index (χ1n) is 11.7. The first-order chi connectivity index (χ1) is 16.3. The molecule has 1 atom stereocenters. The predicted octanol–water partition coefficient (Wildman–Crippen LogP) is 6.43. The van der Waals surface area contributed by atoms with E-state index in [1.807, 2.05) is 12.1 Å². The highest BCUT2D eigenvalue weighted by Crippen LogP contribution is 2.42. The lowest BCUT2D eigenvalue weighted by Gasteiger charge is -2.26. The third-order valence-electron chi connectivity index (χ3n) is 6.13. The summed E-state index contributed by atoms with van der Waals surface area (Å²) in [5.41, 5.74) is 1.78. The van der Waals surface area contributed by atoms with E-state index in [0.29, 0.717) is 29.8 Å². The molecule has 1 aliphatic rings. The van der Waals surface area contributed by atoms with E-state index in [1.165, 1.54) is 12.3 Å². The van der Waals surface area contributed by atoms with Crippen LogP contribution in [0.25, 0.3) is 0 Å². The molecule has 34 heavy (non-hydrogen) atoms. The van der Waals surface area contributed by atoms with Gasteiger partial charge in [0.25, 0.3) is 0 Å². The molecule has 184 valence electrons. The van der Waals surface area contributed by atoms with Crippen molar-refractivity contribution in [1.29, 1.82) is 0 Å². The standard InChI is InChI=1S/C26H31F3N2O3/c1-2-31-34-25(20-10-8-18(9-11-20)17-30-15-14-24(32)33)21-12-13-22(19-6-4-3-5-7-19)23(16-21)26(27,28)29/h2,8-13,16,19,25,30H,3-7,14-15,17H2,1H3,(H,32,33)/b31-2+. The number of carboxylic acids is 1. The Hall–Kier alpha value is -2.87. The molecule has 2 N–H and O–H groups in total. The van der Waals surface area contributed by atoms with Crippen molar-refractivity contribution in [2.75, 3.05) is 6.54 Å². The van der Waals surface area contributed by atoms with Gasteiger partial charge in [0.2, 0.25) is 0 Å². The molecule has 1 aliphatic carbocycles. The zero-order valence-corrected chi connectivity index (χ0v) is 19.3. The van der Waals surface area contributed by atoms with Gasteiger partial charge in [-0.1, -0.05) is 60.8 Å². The number of nitrogens with one attached hydrogen (secondary N) is 1. The number of nitrogens with zero attached hydrogens (tertiary/aromatic N) is 1. The Morgan fingerprint density at radius 1 is 1.15 bits per heavy atom. The lowest BCUT2D eigenvalue weighted by Crippen LogP contribution is -2.17. The Kier molecular flexibility index (Phi) is 9.10. The molecule has 0 bridgehead atoms. The fourth-order valence-corrected chi connectivity index (χ4v) is 4.43. The summed E-state index contributed by atoms with van der Waals surface area (Å²) in [5, 5.41) is 15.6. The molecule has 0 aliphatic heterocycles. The molecular weight excluding hydrogens is 445 g/mol. The molecule has 2 aromatic rings. The molecule has 1 saturated carbocycles. The van der Waals surface area contributed by atoms with Crippen LogP contribution < -0.4 is 5.32 Å². The predicted molar refractivity (Wildman–Crippen MR) is 125 cm³/mol. The highest BCUT2D eigenvalue weighted by molar-refractivity contribution is 5.66. The van der Waals surface area contributed by atoms with Crippen molar-refractivity contribution in [2.45, 2.75) is 70.2 Å². The number of benzene rings is 2. The van der Waals surface area contributed by atoms with Gasteiger partial charge in [0.1, 0.15) is 0 Å². The fraction of sp³-hybridized carbons (Fsp3) is 0.462. The molecule has 2 aromatic carbocycles. The van der Waals surface area contributed by atoms with Gasteiger partial charge in [-0.3, -0.25) is 4.79 Å². The lowest BCUT2D eigenvalue weighted by molar-refractivity contribution is -0.139. The van der Waals surface area contributed by atoms with Gasteiger partial charge in [0, 0.05) is 24.9 Å². The highest BCUT2D eigenvalue weighted by atomic mass is 19.4. The summed E-state index contributed by atoms with van der Waals surface area (Å²) < 4.78 is 42.1. The molecule has 0 radical (unpaired) electrons. The van der Waals surface area contributed by atoms with Crippen LogP contribution in [0.4, 0.5) is 13.2 Å². The van der Waals surface area contributed by atoms with E-state index in [1.54, 1.807) is 31.2 Å². The summed E-state index contributed by atoms with van der Waals surface area (Å²) >= 11 is 0. The molecule has 3 rings (SSSR count). The number of oxime groups is 1. The zero-order chi connectivity index (χ0) is 24.6. The van der Waals surface area contributed by atoms with Crippen LogP contribution in [0.15, 0.2) is 47.6 Å². The molecule has 0 aromatic heterocycles. The van der Waals surface area contributed by atoms with Crippen LogP contribution in [0.2, 0.25) is 0 Å². The van der Waals surface area contributed by atoms with Gasteiger partial charge < -0.3 is 15.3 Å². The maximum atomic E-state index is 14.0. The van der Waals surface area contributed by atoms with Crippen LogP contribution >= 0.6 is 0 Å². The maximum absolute atomic E-state index is 14.0. The second-order valence-electron chi connectivity index (χ2n) is 8.59. The van der Waals surface area contributed by atoms with E-state index < -0.39 is 23.8 Å². The number of hydrogen-bond acceptors (Lipinski definition) is 4. The topological polar surface area (TPSA) is 70.9 Å². The highest BCUT2D eigenvalue weighted by Gasteiger charge is 2.36. The quantitative estimate of drug-likeness (QED) is 0.236. The van der Waals surface area contributed by atoms with Crippen LogP contribution in [-0.4, -0.2) is 23.8 Å². The van der Waals surface area contributed by atoms with Crippen molar-refractivity contribution in [3.05, 3.63) is 70.3 Å². The Labute approximate surface area is 198 Å². The zero-order valence-electron chi connectivity index (χ0n) is 19.3. The van der Waals surface area contributed by atoms with Crippen molar-refractivity contribution in [3.8, 4) is 0 Å². The lowest BCUT2D eigenvalue weighted by atomic mass is 9.81. The molecule has 5 nitrogen and oxygen atoms in total. The first-order valence-corrected chi connectivity index (χ1v) is 11.7. The second kappa shape index (κ2) is 12.0. The Morgan fingerprint density at radius 2 is 1.82 bits per heavy atom. The minimum absolute atomic E-state index is 0.0292. The minimum atomic E-state index is -4.45. The van der Waals surface area contributed by atoms with Crippen LogP contribution in [0.3, 0.4) is 0 Å². The third-order valence-corrected chi connectivity index (χ3v) is 6.13. The van der Waals surface area contributed by atoms with Crippen LogP contribution in [0.5, 0.6) is 0 Å². The van der Waals surface area contributed by atoms with Gasteiger partial charge in [-0.2, -0.15) is 13.2 Å². The summed E-state index contributed by atoms with van der Waals surface area (Å²) in [6.07, 6.45) is 0.798. The van der Waals surface area contributed by atoms with Gasteiger partial charge >= 0.3 is 12.1 Å². The van der Waals surface area contributed by atoms with E-state index >= 15 is 0 Å². The maximum Gasteiger partial charge on any atom is 0.416 e. The van der Waals surface area contributed by atoms with E-state index in [4.69, 9.17) is 9.94 Å². The molecule has 1 fully saturated rings. The van der Waals surface area contributed by atoms with Gasteiger partial charge in [0.15, 0.2) is 6.10 Å². The first kappa shape index (κ1) is 25.7. The fourth-order valence-electron chi connectivity index (χ4n) is 4.43. The summed E-state index contributed by atoms with van der Waals surface area (Å²) in [4.78, 5) is 16.2. The van der Waals surface area contributed by atoms with Crippen molar-refractivity contribution < 1.29 is 27.9 Å². The minimum Gasteiger partial charge on any atom is -0.481 e. The number of halogens is 3. The average Bonchev–Trinajstić information content (AvgIpc) is 2.83. The number of aliphatic carboxylic acids is 1. The Morgan fingerprint density at radius 3 is 2.44 bits per heavy atom. The Bertz CT molecular complexity index is 968. The normalized spacial score (nSPS) is 16.0. The number of alkyl halides is 3. The molecular formula is C26H31F3N2O3. The Balaban J connectivity index is 1.86. The number of carboxylic acid groups (broad SMARTS) is 1. The monoisotopic (exact) mass is 476 g/mol. The summed E-state index contributed by atoms with van der Waals surface area (Å²) in [5.74, 6) is -0.938. The van der Waals surface area contributed by atoms with Crippen molar-refractivity contribution in [2.24, 2.45) is 5.16 Å². The molecule has 1 unspecified atom stereocenters. The molecule has 0 heterocycles. The van der Waals surface area contributed by atoms with Crippen molar-refractivity contribution in [3.63, 3.8) is 0 Å². The van der Waals surface area contributed by atoms with E-state index in [2.05, 4.69) is 10.5 Å². The van der Waals surface area contributed by atoms with Gasteiger partial charge in [-0.05, 0) is 48.4 Å². The van der Waals surface area contributed by atoms with Crippen LogP contribution in [-0.2, 0) is 22.4 Å². The second-order valence-corrected chi connectivity index (χ2v) is 8.59. The number of rotatable bonds is 10. The summed E-state index contributed by atoms with van der Waals surface area (Å²) in [6, 6.07) is 11.8. The molecule has 0 amide bonds. The molecule has 8 heteroatoms. The van der Waals surface area contributed by atoms with Gasteiger partial charge in [-0.15, -0.1) is 0 Å². The van der Waals surface area contributed by atoms with E-state index in [9.17, 15) is 18.0 Å². The molecule has 0 saturated heterocycles. The van der Waals surface area contributed by atoms with Crippen LogP contribution in [0, 0.1) is 0 Å². The van der Waals surface area contributed by atoms with Crippen molar-refractivity contribution in [1.82, 2.24) is 5.32 Å². The average molecular weight is 477 g/mol. The molecule has 0 spiro atoms. The van der Waals surface area contributed by atoms with Gasteiger partial charge in [-0.25, -0.2) is 0 Å². The van der Waals surface area contributed by atoms with Crippen molar-refractivity contribution >= 4 is 12.2 Å².